The summed E-state index contributed by atoms with van der Waals surface area (Å²) in [6.07, 6.45) is 0. The smallest absolute Gasteiger partial charge is 0.263 e. The van der Waals surface area contributed by atoms with Crippen molar-refractivity contribution >= 4 is 15.8 Å². The highest BCUT2D eigenvalue weighted by Crippen LogP contribution is 2.37. The number of aliphatic hydroxyl groups is 1. The Morgan fingerprint density at radius 3 is 2.23 bits per heavy atom. The van der Waals surface area contributed by atoms with Crippen LogP contribution < -0.4 is 9.46 Å². The first-order chi connectivity index (χ1) is 14.5. The standard InChI is InChI=1S/C23H29N3O4S/c1-16-6-8-17(9-7-16)20-21(24-26(5)22(20)30-15-14-27)25-31(28,29)19-12-10-18(11-13-19)23(2,3)4/h6-13,27H,14-15H2,1-5H3,(H,24,25). The van der Waals surface area contributed by atoms with Crippen LogP contribution in [0.5, 0.6) is 5.88 Å². The maximum Gasteiger partial charge on any atom is 0.263 e. The van der Waals surface area contributed by atoms with Crippen molar-refractivity contribution in [3.8, 4) is 17.0 Å². The highest BCUT2D eigenvalue weighted by atomic mass is 32.2. The number of benzene rings is 2. The number of aryl methyl sites for hydroxylation is 2. The van der Waals surface area contributed by atoms with Gasteiger partial charge in [-0.2, -0.15) is 5.10 Å². The van der Waals surface area contributed by atoms with Crippen molar-refractivity contribution in [3.63, 3.8) is 0 Å². The summed E-state index contributed by atoms with van der Waals surface area (Å²) in [4.78, 5) is 0.152. The minimum atomic E-state index is -3.87. The number of aromatic nitrogens is 2. The molecular formula is C23H29N3O4S. The van der Waals surface area contributed by atoms with Crippen molar-refractivity contribution in [1.29, 1.82) is 0 Å². The molecule has 3 aromatic rings. The van der Waals surface area contributed by atoms with Gasteiger partial charge in [-0.1, -0.05) is 62.7 Å². The molecule has 2 aromatic carbocycles. The zero-order valence-corrected chi connectivity index (χ0v) is 19.3. The molecule has 1 aromatic heterocycles. The van der Waals surface area contributed by atoms with Gasteiger partial charge in [-0.3, -0.25) is 4.72 Å². The van der Waals surface area contributed by atoms with Gasteiger partial charge >= 0.3 is 0 Å². The molecule has 3 rings (SSSR count). The third-order valence-electron chi connectivity index (χ3n) is 4.93. The summed E-state index contributed by atoms with van der Waals surface area (Å²) >= 11 is 0. The molecule has 0 atom stereocenters. The Morgan fingerprint density at radius 1 is 1.06 bits per heavy atom. The second-order valence-corrected chi connectivity index (χ2v) is 10.2. The van der Waals surface area contributed by atoms with Crippen LogP contribution in [0, 0.1) is 6.92 Å². The van der Waals surface area contributed by atoms with E-state index in [0.29, 0.717) is 11.4 Å². The maximum absolute atomic E-state index is 13.1. The number of nitrogens with one attached hydrogen (secondary N) is 1. The lowest BCUT2D eigenvalue weighted by molar-refractivity contribution is 0.192. The fraction of sp³-hybridized carbons (Fsp3) is 0.348. The summed E-state index contributed by atoms with van der Waals surface area (Å²) in [6, 6.07) is 14.5. The number of ether oxygens (including phenoxy) is 1. The number of hydrogen-bond acceptors (Lipinski definition) is 5. The number of rotatable bonds is 7. The van der Waals surface area contributed by atoms with E-state index in [1.165, 1.54) is 4.68 Å². The molecule has 2 N–H and O–H groups in total. The van der Waals surface area contributed by atoms with Gasteiger partial charge in [0.25, 0.3) is 10.0 Å². The topological polar surface area (TPSA) is 93.5 Å². The monoisotopic (exact) mass is 443 g/mol. The highest BCUT2D eigenvalue weighted by Gasteiger charge is 2.25. The first-order valence-electron chi connectivity index (χ1n) is 10.0. The molecule has 0 bridgehead atoms. The van der Waals surface area contributed by atoms with E-state index in [9.17, 15) is 13.5 Å². The van der Waals surface area contributed by atoms with Gasteiger partial charge in [-0.25, -0.2) is 13.1 Å². The fourth-order valence-electron chi connectivity index (χ4n) is 3.19. The number of sulfonamides is 1. The number of aliphatic hydroxyl groups excluding tert-OH is 1. The number of anilines is 1. The van der Waals surface area contributed by atoms with Gasteiger partial charge in [-0.05, 0) is 35.6 Å². The normalized spacial score (nSPS) is 12.1. The summed E-state index contributed by atoms with van der Waals surface area (Å²) in [6.45, 7) is 8.10. The van der Waals surface area contributed by atoms with Crippen molar-refractivity contribution in [2.75, 3.05) is 17.9 Å². The van der Waals surface area contributed by atoms with E-state index in [1.807, 2.05) is 43.3 Å². The maximum atomic E-state index is 13.1. The molecule has 1 heterocycles. The Morgan fingerprint density at radius 2 is 1.68 bits per heavy atom. The molecule has 0 unspecified atom stereocenters. The van der Waals surface area contributed by atoms with Crippen molar-refractivity contribution in [3.05, 3.63) is 59.7 Å². The molecule has 31 heavy (non-hydrogen) atoms. The largest absolute Gasteiger partial charge is 0.475 e. The molecule has 0 amide bonds. The minimum absolute atomic E-state index is 0.0683. The van der Waals surface area contributed by atoms with Crippen LogP contribution in [0.4, 0.5) is 5.82 Å². The molecule has 0 radical (unpaired) electrons. The first-order valence-corrected chi connectivity index (χ1v) is 11.5. The third-order valence-corrected chi connectivity index (χ3v) is 6.28. The second kappa shape index (κ2) is 8.72. The zero-order chi connectivity index (χ0) is 22.8. The van der Waals surface area contributed by atoms with Gasteiger partial charge in [0, 0.05) is 7.05 Å². The second-order valence-electron chi connectivity index (χ2n) is 8.47. The van der Waals surface area contributed by atoms with Crippen LogP contribution in [0.25, 0.3) is 11.1 Å². The summed E-state index contributed by atoms with van der Waals surface area (Å²) < 4.78 is 35.9. The van der Waals surface area contributed by atoms with E-state index >= 15 is 0 Å². The third kappa shape index (κ3) is 5.08. The first kappa shape index (κ1) is 22.8. The van der Waals surface area contributed by atoms with Crippen molar-refractivity contribution in [1.82, 2.24) is 9.78 Å². The Labute approximate surface area is 183 Å². The SMILES string of the molecule is Cc1ccc(-c2c(NS(=O)(=O)c3ccc(C(C)(C)C)cc3)nn(C)c2OCCO)cc1. The van der Waals surface area contributed by atoms with Gasteiger partial charge in [0.15, 0.2) is 5.82 Å². The van der Waals surface area contributed by atoms with E-state index in [4.69, 9.17) is 4.74 Å². The summed E-state index contributed by atoms with van der Waals surface area (Å²) in [5.41, 5.74) is 3.32. The van der Waals surface area contributed by atoms with Crippen LogP contribution in [0.1, 0.15) is 31.9 Å². The molecule has 0 saturated heterocycles. The van der Waals surface area contributed by atoms with Crippen LogP contribution >= 0.6 is 0 Å². The molecule has 0 saturated carbocycles. The van der Waals surface area contributed by atoms with E-state index < -0.39 is 10.0 Å². The van der Waals surface area contributed by atoms with Gasteiger partial charge in [-0.15, -0.1) is 0 Å². The summed E-state index contributed by atoms with van der Waals surface area (Å²) in [5.74, 6) is 0.540. The molecule has 0 spiro atoms. The molecule has 0 aliphatic rings. The van der Waals surface area contributed by atoms with Gasteiger partial charge in [0.05, 0.1) is 17.1 Å². The highest BCUT2D eigenvalue weighted by molar-refractivity contribution is 7.92. The Hall–Kier alpha value is -2.84. The Bertz CT molecular complexity index is 1140. The average Bonchev–Trinajstić information content (AvgIpc) is 3.00. The van der Waals surface area contributed by atoms with Gasteiger partial charge in [0.2, 0.25) is 5.88 Å². The zero-order valence-electron chi connectivity index (χ0n) is 18.5. The Kier molecular flexibility index (Phi) is 6.43. The van der Waals surface area contributed by atoms with Gasteiger partial charge < -0.3 is 9.84 Å². The van der Waals surface area contributed by atoms with Crippen LogP contribution in [0.3, 0.4) is 0 Å². The molecule has 7 nitrogen and oxygen atoms in total. The van der Waals surface area contributed by atoms with E-state index in [1.54, 1.807) is 19.2 Å². The predicted molar refractivity (Wildman–Crippen MR) is 122 cm³/mol. The van der Waals surface area contributed by atoms with E-state index in [0.717, 1.165) is 16.7 Å². The molecule has 0 aliphatic heterocycles. The van der Waals surface area contributed by atoms with Crippen molar-refractivity contribution < 1.29 is 18.3 Å². The minimum Gasteiger partial charge on any atom is -0.475 e. The molecule has 0 aliphatic carbocycles. The lowest BCUT2D eigenvalue weighted by Crippen LogP contribution is -2.15. The molecule has 166 valence electrons. The summed E-state index contributed by atoms with van der Waals surface area (Å²) in [7, 11) is -2.20. The summed E-state index contributed by atoms with van der Waals surface area (Å²) in [5, 5.41) is 13.5. The molecule has 0 fully saturated rings. The molecular weight excluding hydrogens is 414 g/mol. The van der Waals surface area contributed by atoms with Crippen LogP contribution in [0.15, 0.2) is 53.4 Å². The van der Waals surface area contributed by atoms with E-state index in [2.05, 4.69) is 30.6 Å². The quantitative estimate of drug-likeness (QED) is 0.578. The predicted octanol–water partition coefficient (Wildman–Crippen LogP) is 3.86. The average molecular weight is 444 g/mol. The van der Waals surface area contributed by atoms with Crippen LogP contribution in [-0.2, 0) is 22.5 Å². The van der Waals surface area contributed by atoms with Crippen molar-refractivity contribution in [2.24, 2.45) is 7.05 Å². The fourth-order valence-corrected chi connectivity index (χ4v) is 4.20. The molecule has 8 heteroatoms. The van der Waals surface area contributed by atoms with Gasteiger partial charge in [0.1, 0.15) is 6.61 Å². The van der Waals surface area contributed by atoms with Crippen LogP contribution in [0.2, 0.25) is 0 Å². The lowest BCUT2D eigenvalue weighted by atomic mass is 9.87. The number of nitrogens with zero attached hydrogens (tertiary/aromatic N) is 2. The van der Waals surface area contributed by atoms with Crippen molar-refractivity contribution in [2.45, 2.75) is 38.0 Å². The number of hydrogen-bond donors (Lipinski definition) is 2. The lowest BCUT2D eigenvalue weighted by Gasteiger charge is -2.19. The van der Waals surface area contributed by atoms with E-state index in [-0.39, 0.29) is 29.3 Å². The Balaban J connectivity index is 2.03. The van der Waals surface area contributed by atoms with Crippen LogP contribution in [-0.4, -0.2) is 36.5 Å².